The van der Waals surface area contributed by atoms with Gasteiger partial charge in [-0.2, -0.15) is 11.8 Å². The molecule has 1 heterocycles. The third-order valence-electron chi connectivity index (χ3n) is 2.63. The number of unbranched alkanes of at least 4 members (excludes halogenated alkanes) is 3. The van der Waals surface area contributed by atoms with E-state index in [0.717, 1.165) is 25.0 Å². The Kier molecular flexibility index (Phi) is 7.52. The van der Waals surface area contributed by atoms with Crippen LogP contribution in [0.1, 0.15) is 31.4 Å². The molecule has 1 aromatic heterocycles. The van der Waals surface area contributed by atoms with E-state index >= 15 is 0 Å². The van der Waals surface area contributed by atoms with Gasteiger partial charge < -0.3 is 9.52 Å². The summed E-state index contributed by atoms with van der Waals surface area (Å²) in [6.45, 7) is 0.113. The summed E-state index contributed by atoms with van der Waals surface area (Å²) in [5.74, 6) is 1.40. The first kappa shape index (κ1) is 16.6. The second-order valence-corrected chi connectivity index (χ2v) is 6.87. The van der Waals surface area contributed by atoms with Crippen molar-refractivity contribution in [2.45, 2.75) is 37.4 Å². The van der Waals surface area contributed by atoms with Gasteiger partial charge in [0.2, 0.25) is 5.09 Å². The highest BCUT2D eigenvalue weighted by Gasteiger charge is 2.17. The van der Waals surface area contributed by atoms with Gasteiger partial charge in [0.25, 0.3) is 10.0 Å². The predicted octanol–water partition coefficient (Wildman–Crippen LogP) is 1.97. The van der Waals surface area contributed by atoms with Crippen molar-refractivity contribution >= 4 is 21.8 Å². The van der Waals surface area contributed by atoms with Crippen molar-refractivity contribution < 1.29 is 17.9 Å². The van der Waals surface area contributed by atoms with Gasteiger partial charge in [-0.1, -0.05) is 12.8 Å². The molecule has 5 nitrogen and oxygen atoms in total. The molecule has 110 valence electrons. The SMILES string of the molecule is CSCCCCCCNS(=O)(=O)c1ccc(CO)o1. The van der Waals surface area contributed by atoms with E-state index in [1.165, 1.54) is 18.6 Å². The Morgan fingerprint density at radius 3 is 2.63 bits per heavy atom. The van der Waals surface area contributed by atoms with Gasteiger partial charge in [-0.05, 0) is 37.0 Å². The van der Waals surface area contributed by atoms with Crippen LogP contribution in [-0.2, 0) is 16.6 Å². The van der Waals surface area contributed by atoms with Gasteiger partial charge in [-0.15, -0.1) is 0 Å². The molecule has 0 spiro atoms. The minimum atomic E-state index is -3.58. The Labute approximate surface area is 118 Å². The molecule has 0 amide bonds. The van der Waals surface area contributed by atoms with Crippen LogP contribution in [0.15, 0.2) is 21.6 Å². The maximum Gasteiger partial charge on any atom is 0.273 e. The Hall–Kier alpha value is -0.500. The van der Waals surface area contributed by atoms with Crippen molar-refractivity contribution in [2.75, 3.05) is 18.6 Å². The van der Waals surface area contributed by atoms with E-state index in [4.69, 9.17) is 9.52 Å². The first-order chi connectivity index (χ1) is 9.10. The number of sulfonamides is 1. The number of aliphatic hydroxyl groups excluding tert-OH is 1. The van der Waals surface area contributed by atoms with E-state index in [0.29, 0.717) is 6.54 Å². The Morgan fingerprint density at radius 2 is 2.00 bits per heavy atom. The molecule has 0 aromatic carbocycles. The van der Waals surface area contributed by atoms with Crippen LogP contribution in [0.25, 0.3) is 0 Å². The maximum absolute atomic E-state index is 11.8. The molecule has 2 N–H and O–H groups in total. The van der Waals surface area contributed by atoms with E-state index in [1.807, 2.05) is 11.8 Å². The Morgan fingerprint density at radius 1 is 1.26 bits per heavy atom. The van der Waals surface area contributed by atoms with Crippen LogP contribution in [0.2, 0.25) is 0 Å². The standard InChI is InChI=1S/C12H21NO4S2/c1-18-9-5-3-2-4-8-13-19(15,16)12-7-6-11(10-14)17-12/h6-7,13-14H,2-5,8-10H2,1H3. The molecule has 0 fully saturated rings. The Balaban J connectivity index is 2.27. The van der Waals surface area contributed by atoms with Crippen LogP contribution in [0.4, 0.5) is 0 Å². The fourth-order valence-corrected chi connectivity index (χ4v) is 3.10. The summed E-state index contributed by atoms with van der Waals surface area (Å²) in [6.07, 6.45) is 6.21. The molecule has 1 rings (SSSR count). The third kappa shape index (κ3) is 5.99. The summed E-state index contributed by atoms with van der Waals surface area (Å²) < 4.78 is 31.1. The fourth-order valence-electron chi connectivity index (χ4n) is 1.59. The highest BCUT2D eigenvalue weighted by atomic mass is 32.2. The first-order valence-electron chi connectivity index (χ1n) is 6.28. The van der Waals surface area contributed by atoms with Crippen molar-refractivity contribution in [3.05, 3.63) is 17.9 Å². The van der Waals surface area contributed by atoms with Gasteiger partial charge in [-0.3, -0.25) is 0 Å². The van der Waals surface area contributed by atoms with E-state index in [1.54, 1.807) is 0 Å². The quantitative estimate of drug-likeness (QED) is 0.646. The number of furan rings is 1. The van der Waals surface area contributed by atoms with E-state index < -0.39 is 10.0 Å². The maximum atomic E-state index is 11.8. The molecule has 0 saturated carbocycles. The average Bonchev–Trinajstić information content (AvgIpc) is 2.87. The lowest BCUT2D eigenvalue weighted by Crippen LogP contribution is -2.24. The predicted molar refractivity (Wildman–Crippen MR) is 76.7 cm³/mol. The summed E-state index contributed by atoms with van der Waals surface area (Å²) in [4.78, 5) is 0. The third-order valence-corrected chi connectivity index (χ3v) is 4.66. The molecule has 0 unspecified atom stereocenters. The number of rotatable bonds is 10. The molecule has 0 saturated heterocycles. The van der Waals surface area contributed by atoms with Crippen LogP contribution in [0.5, 0.6) is 0 Å². The number of hydrogen-bond donors (Lipinski definition) is 2. The summed E-state index contributed by atoms with van der Waals surface area (Å²) >= 11 is 1.83. The number of nitrogens with one attached hydrogen (secondary N) is 1. The van der Waals surface area contributed by atoms with Crippen LogP contribution in [-0.4, -0.2) is 32.1 Å². The van der Waals surface area contributed by atoms with Crippen molar-refractivity contribution in [3.63, 3.8) is 0 Å². The largest absolute Gasteiger partial charge is 0.446 e. The van der Waals surface area contributed by atoms with Crippen molar-refractivity contribution in [1.29, 1.82) is 0 Å². The number of aliphatic hydroxyl groups is 1. The smallest absolute Gasteiger partial charge is 0.273 e. The first-order valence-corrected chi connectivity index (χ1v) is 9.16. The topological polar surface area (TPSA) is 79.5 Å². The monoisotopic (exact) mass is 307 g/mol. The summed E-state index contributed by atoms with van der Waals surface area (Å²) in [5.41, 5.74) is 0. The minimum absolute atomic E-state index is 0.140. The van der Waals surface area contributed by atoms with Crippen LogP contribution >= 0.6 is 11.8 Å². The molecule has 0 atom stereocenters. The van der Waals surface area contributed by atoms with Gasteiger partial charge in [0.15, 0.2) is 0 Å². The van der Waals surface area contributed by atoms with Crippen LogP contribution < -0.4 is 4.72 Å². The molecule has 19 heavy (non-hydrogen) atoms. The normalized spacial score (nSPS) is 11.9. The lowest BCUT2D eigenvalue weighted by Gasteiger charge is -2.04. The van der Waals surface area contributed by atoms with Crippen LogP contribution in [0, 0.1) is 0 Å². The molecule has 1 aromatic rings. The zero-order valence-electron chi connectivity index (χ0n) is 11.1. The minimum Gasteiger partial charge on any atom is -0.446 e. The van der Waals surface area contributed by atoms with E-state index in [9.17, 15) is 8.42 Å². The van der Waals surface area contributed by atoms with Crippen LogP contribution in [0.3, 0.4) is 0 Å². The highest BCUT2D eigenvalue weighted by Crippen LogP contribution is 2.13. The van der Waals surface area contributed by atoms with Gasteiger partial charge in [-0.25, -0.2) is 13.1 Å². The van der Waals surface area contributed by atoms with E-state index in [-0.39, 0.29) is 17.5 Å². The van der Waals surface area contributed by atoms with Gasteiger partial charge in [0.1, 0.15) is 12.4 Å². The zero-order chi connectivity index (χ0) is 14.1. The number of thioether (sulfide) groups is 1. The molecule has 0 bridgehead atoms. The fraction of sp³-hybridized carbons (Fsp3) is 0.667. The van der Waals surface area contributed by atoms with Gasteiger partial charge >= 0.3 is 0 Å². The molecule has 7 heteroatoms. The lowest BCUT2D eigenvalue weighted by molar-refractivity contribution is 0.236. The number of hydrogen-bond acceptors (Lipinski definition) is 5. The van der Waals surface area contributed by atoms with Crippen molar-refractivity contribution in [2.24, 2.45) is 0 Å². The zero-order valence-corrected chi connectivity index (χ0v) is 12.7. The Bertz CT molecular complexity index is 456. The summed E-state index contributed by atoms with van der Waals surface area (Å²) in [5, 5.41) is 8.68. The second-order valence-electron chi connectivity index (χ2n) is 4.18. The molecule has 0 aliphatic carbocycles. The summed E-state index contributed by atoms with van der Waals surface area (Å²) in [7, 11) is -3.58. The average molecular weight is 307 g/mol. The molecule has 0 aliphatic heterocycles. The van der Waals surface area contributed by atoms with Gasteiger partial charge in [0.05, 0.1) is 0 Å². The molecular formula is C12H21NO4S2. The highest BCUT2D eigenvalue weighted by molar-refractivity contribution is 7.98. The molecular weight excluding hydrogens is 286 g/mol. The van der Waals surface area contributed by atoms with E-state index in [2.05, 4.69) is 11.0 Å². The lowest BCUT2D eigenvalue weighted by atomic mass is 10.2. The summed E-state index contributed by atoms with van der Waals surface area (Å²) in [6, 6.07) is 2.81. The second kappa shape index (κ2) is 8.63. The van der Waals surface area contributed by atoms with Crippen molar-refractivity contribution in [3.8, 4) is 0 Å². The molecule has 0 aliphatic rings. The molecule has 0 radical (unpaired) electrons. The van der Waals surface area contributed by atoms with Crippen molar-refractivity contribution in [1.82, 2.24) is 4.72 Å². The van der Waals surface area contributed by atoms with Gasteiger partial charge in [0, 0.05) is 6.54 Å².